The van der Waals surface area contributed by atoms with E-state index in [1.165, 1.54) is 6.92 Å². The number of hydrogen-bond acceptors (Lipinski definition) is 7. The van der Waals surface area contributed by atoms with Crippen molar-refractivity contribution < 1.29 is 39.3 Å². The fourth-order valence-electron chi connectivity index (χ4n) is 2.37. The minimum Gasteiger partial charge on any atom is -0.481 e. The zero-order valence-electron chi connectivity index (χ0n) is 17.7. The van der Waals surface area contributed by atoms with Gasteiger partial charge in [0.15, 0.2) is 0 Å². The Kier molecular flexibility index (Phi) is 11.0. The third kappa shape index (κ3) is 8.74. The number of nitrogens with one attached hydrogen (secondary N) is 3. The van der Waals surface area contributed by atoms with Gasteiger partial charge in [-0.05, 0) is 18.8 Å². The summed E-state index contributed by atoms with van der Waals surface area (Å²) in [7, 11) is 0. The quantitative estimate of drug-likeness (QED) is 0.182. The topological polar surface area (TPSA) is 208 Å². The summed E-state index contributed by atoms with van der Waals surface area (Å²) in [4.78, 5) is 59.2. The highest BCUT2D eigenvalue weighted by Crippen LogP contribution is 2.06. The summed E-state index contributed by atoms with van der Waals surface area (Å²) in [5, 5.41) is 34.5. The fourth-order valence-corrected chi connectivity index (χ4v) is 2.37. The zero-order chi connectivity index (χ0) is 23.8. The van der Waals surface area contributed by atoms with Gasteiger partial charge in [0.05, 0.1) is 18.6 Å². The van der Waals surface area contributed by atoms with Crippen LogP contribution in [0.1, 0.15) is 41.0 Å². The Hall–Kier alpha value is -2.73. The summed E-state index contributed by atoms with van der Waals surface area (Å²) in [5.41, 5.74) is 5.74. The zero-order valence-corrected chi connectivity index (χ0v) is 17.7. The summed E-state index contributed by atoms with van der Waals surface area (Å²) >= 11 is 0. The van der Waals surface area contributed by atoms with Crippen LogP contribution in [-0.2, 0) is 24.0 Å². The number of amides is 3. The molecular formula is C18H32N4O8. The lowest BCUT2D eigenvalue weighted by atomic mass is 10.0. The van der Waals surface area contributed by atoms with Crippen LogP contribution in [-0.4, -0.2) is 75.3 Å². The normalized spacial score (nSPS) is 16.2. The van der Waals surface area contributed by atoms with Crippen molar-refractivity contribution in [2.45, 2.75) is 71.3 Å². The van der Waals surface area contributed by atoms with Crippen molar-refractivity contribution in [1.29, 1.82) is 0 Å². The van der Waals surface area contributed by atoms with Gasteiger partial charge >= 0.3 is 11.9 Å². The number of hydrogen-bond donors (Lipinski definition) is 7. The number of carboxylic acid groups (broad SMARTS) is 2. The number of nitrogens with two attached hydrogens (primary N) is 1. The monoisotopic (exact) mass is 432 g/mol. The molecule has 5 atom stereocenters. The molecule has 172 valence electrons. The minimum absolute atomic E-state index is 0.223. The van der Waals surface area contributed by atoms with Crippen molar-refractivity contribution >= 4 is 29.7 Å². The largest absolute Gasteiger partial charge is 0.481 e. The molecule has 0 heterocycles. The number of aliphatic carboxylic acids is 2. The molecule has 0 fully saturated rings. The Balaban J connectivity index is 5.39. The van der Waals surface area contributed by atoms with E-state index in [2.05, 4.69) is 16.0 Å². The van der Waals surface area contributed by atoms with Crippen molar-refractivity contribution in [2.75, 3.05) is 0 Å². The average Bonchev–Trinajstić information content (AvgIpc) is 2.60. The number of carboxylic acids is 2. The lowest BCUT2D eigenvalue weighted by Gasteiger charge is -2.28. The number of carbonyl (C=O) groups is 5. The highest BCUT2D eigenvalue weighted by atomic mass is 16.4. The van der Waals surface area contributed by atoms with E-state index in [0.717, 1.165) is 0 Å². The first kappa shape index (κ1) is 27.3. The molecule has 12 heteroatoms. The van der Waals surface area contributed by atoms with Crippen LogP contribution >= 0.6 is 0 Å². The first-order chi connectivity index (χ1) is 13.7. The highest BCUT2D eigenvalue weighted by Gasteiger charge is 2.34. The van der Waals surface area contributed by atoms with E-state index in [9.17, 15) is 29.1 Å². The Morgan fingerprint density at radius 1 is 0.767 bits per heavy atom. The standard InChI is InChI=1S/C18H32N4O8/c1-7(2)12(19)15(26)22-14(9(5)23)17(28)21-13(8(3)4)16(27)20-10(18(29)30)6-11(24)25/h7-10,12-14,23H,6,19H2,1-5H3,(H,20,27)(H,21,28)(H,22,26)(H,24,25)(H,29,30). The third-order valence-corrected chi connectivity index (χ3v) is 4.32. The molecule has 0 aliphatic heterocycles. The molecule has 0 aliphatic rings. The van der Waals surface area contributed by atoms with Gasteiger partial charge in [0.2, 0.25) is 17.7 Å². The second kappa shape index (κ2) is 12.1. The van der Waals surface area contributed by atoms with Gasteiger partial charge in [-0.1, -0.05) is 27.7 Å². The van der Waals surface area contributed by atoms with Gasteiger partial charge in [0.1, 0.15) is 18.1 Å². The lowest BCUT2D eigenvalue weighted by molar-refractivity contribution is -0.147. The average molecular weight is 432 g/mol. The summed E-state index contributed by atoms with van der Waals surface area (Å²) in [6.45, 7) is 7.82. The SMILES string of the molecule is CC(C)C(N)C(=O)NC(C(=O)NC(C(=O)NC(CC(=O)O)C(=O)O)C(C)C)C(C)O. The molecule has 0 aromatic carbocycles. The predicted molar refractivity (Wildman–Crippen MR) is 105 cm³/mol. The minimum atomic E-state index is -1.69. The summed E-state index contributed by atoms with van der Waals surface area (Å²) < 4.78 is 0. The van der Waals surface area contributed by atoms with E-state index in [1.807, 2.05) is 0 Å². The molecule has 0 radical (unpaired) electrons. The predicted octanol–water partition coefficient (Wildman–Crippen LogP) is -1.98. The number of aliphatic hydroxyl groups excluding tert-OH is 1. The first-order valence-electron chi connectivity index (χ1n) is 9.48. The smallest absolute Gasteiger partial charge is 0.326 e. The van der Waals surface area contributed by atoms with Gasteiger partial charge in [-0.15, -0.1) is 0 Å². The third-order valence-electron chi connectivity index (χ3n) is 4.32. The Bertz CT molecular complexity index is 650. The number of rotatable bonds is 12. The Morgan fingerprint density at radius 3 is 1.60 bits per heavy atom. The maximum atomic E-state index is 12.6. The molecule has 8 N–H and O–H groups in total. The van der Waals surface area contributed by atoms with Crippen LogP contribution in [0, 0.1) is 11.8 Å². The van der Waals surface area contributed by atoms with Crippen LogP contribution in [0.15, 0.2) is 0 Å². The molecule has 0 aromatic heterocycles. The van der Waals surface area contributed by atoms with Crippen molar-refractivity contribution in [3.63, 3.8) is 0 Å². The Labute approximate surface area is 174 Å². The highest BCUT2D eigenvalue weighted by molar-refractivity contribution is 5.95. The van der Waals surface area contributed by atoms with Crippen molar-refractivity contribution in [2.24, 2.45) is 17.6 Å². The van der Waals surface area contributed by atoms with Crippen LogP contribution in [0.5, 0.6) is 0 Å². The number of aliphatic hydroxyl groups is 1. The molecule has 5 unspecified atom stereocenters. The van der Waals surface area contributed by atoms with Crippen molar-refractivity contribution in [3.05, 3.63) is 0 Å². The molecule has 30 heavy (non-hydrogen) atoms. The first-order valence-corrected chi connectivity index (χ1v) is 9.48. The van der Waals surface area contributed by atoms with Crippen molar-refractivity contribution in [1.82, 2.24) is 16.0 Å². The van der Waals surface area contributed by atoms with Gasteiger partial charge < -0.3 is 37.0 Å². The summed E-state index contributed by atoms with van der Waals surface area (Å²) in [5.74, 6) is -6.17. The van der Waals surface area contributed by atoms with E-state index >= 15 is 0 Å². The lowest BCUT2D eigenvalue weighted by Crippen LogP contribution is -2.61. The Morgan fingerprint density at radius 2 is 1.23 bits per heavy atom. The van der Waals surface area contributed by atoms with Gasteiger partial charge in [-0.3, -0.25) is 19.2 Å². The van der Waals surface area contributed by atoms with Crippen LogP contribution in [0.2, 0.25) is 0 Å². The van der Waals surface area contributed by atoms with Gasteiger partial charge in [-0.2, -0.15) is 0 Å². The van der Waals surface area contributed by atoms with Crippen LogP contribution in [0.3, 0.4) is 0 Å². The molecule has 12 nitrogen and oxygen atoms in total. The van der Waals surface area contributed by atoms with E-state index in [4.69, 9.17) is 15.9 Å². The molecular weight excluding hydrogens is 400 g/mol. The second-order valence-corrected chi connectivity index (χ2v) is 7.72. The molecule has 0 saturated heterocycles. The van der Waals surface area contributed by atoms with E-state index in [-0.39, 0.29) is 5.92 Å². The van der Waals surface area contributed by atoms with Crippen molar-refractivity contribution in [3.8, 4) is 0 Å². The van der Waals surface area contributed by atoms with E-state index < -0.39 is 72.3 Å². The molecule has 0 rings (SSSR count). The van der Waals surface area contributed by atoms with Crippen LogP contribution in [0.4, 0.5) is 0 Å². The van der Waals surface area contributed by atoms with Gasteiger partial charge in [-0.25, -0.2) is 4.79 Å². The molecule has 0 aromatic rings. The summed E-state index contributed by atoms with van der Waals surface area (Å²) in [6.07, 6.45) is -2.16. The second-order valence-electron chi connectivity index (χ2n) is 7.72. The van der Waals surface area contributed by atoms with Gasteiger partial charge in [0, 0.05) is 0 Å². The molecule has 0 spiro atoms. The fraction of sp³-hybridized carbons (Fsp3) is 0.722. The van der Waals surface area contributed by atoms with Gasteiger partial charge in [0.25, 0.3) is 0 Å². The molecule has 0 bridgehead atoms. The van der Waals surface area contributed by atoms with E-state index in [1.54, 1.807) is 27.7 Å². The maximum Gasteiger partial charge on any atom is 0.326 e. The molecule has 0 aliphatic carbocycles. The van der Waals surface area contributed by atoms with Crippen LogP contribution in [0.25, 0.3) is 0 Å². The number of carbonyl (C=O) groups excluding carboxylic acids is 3. The molecule has 0 saturated carbocycles. The van der Waals surface area contributed by atoms with Crippen LogP contribution < -0.4 is 21.7 Å². The molecule has 3 amide bonds. The summed E-state index contributed by atoms with van der Waals surface area (Å²) in [6, 6.07) is -5.27. The maximum absolute atomic E-state index is 12.6. The van der Waals surface area contributed by atoms with E-state index in [0.29, 0.717) is 0 Å².